The Hall–Kier alpha value is -2.98. The summed E-state index contributed by atoms with van der Waals surface area (Å²) in [6, 6.07) is 1.70. The van der Waals surface area contributed by atoms with E-state index in [1.807, 2.05) is 13.8 Å². The van der Waals surface area contributed by atoms with Crippen molar-refractivity contribution in [3.63, 3.8) is 0 Å². The zero-order valence-corrected chi connectivity index (χ0v) is 14.2. The van der Waals surface area contributed by atoms with Gasteiger partial charge in [0.1, 0.15) is 23.5 Å². The molecular weight excluding hydrogens is 353 g/mol. The van der Waals surface area contributed by atoms with Gasteiger partial charge in [-0.2, -0.15) is 18.3 Å². The van der Waals surface area contributed by atoms with E-state index in [1.54, 1.807) is 4.68 Å². The number of fused-ring (bicyclic) bond motifs is 1. The third-order valence-corrected chi connectivity index (χ3v) is 3.91. The van der Waals surface area contributed by atoms with Crippen molar-refractivity contribution in [3.05, 3.63) is 50.8 Å². The van der Waals surface area contributed by atoms with Crippen LogP contribution < -0.4 is 11.2 Å². The van der Waals surface area contributed by atoms with Gasteiger partial charge in [-0.3, -0.25) is 13.9 Å². The number of halogens is 3. The standard InChI is InChI=1S/C15H15F3N6O2/c1-8(2)24-11(19-7-20-24)6-23-13(25)9-4-5-10(15(16,17)18)21-12(9)22(3)14(23)26/h4-5,7-8H,6H2,1-3H3. The SMILES string of the molecule is CC(C)n1ncnc1Cn1c(=O)c2ccc(C(F)(F)F)nc2n(C)c1=O. The molecule has 0 unspecified atom stereocenters. The lowest BCUT2D eigenvalue weighted by Crippen LogP contribution is -2.40. The molecule has 11 heteroatoms. The van der Waals surface area contributed by atoms with Crippen molar-refractivity contribution in [2.45, 2.75) is 32.6 Å². The van der Waals surface area contributed by atoms with E-state index < -0.39 is 23.1 Å². The molecular formula is C15H15F3N6O2. The van der Waals surface area contributed by atoms with Gasteiger partial charge < -0.3 is 0 Å². The van der Waals surface area contributed by atoms with Crippen LogP contribution in [-0.2, 0) is 19.8 Å². The first-order valence-corrected chi connectivity index (χ1v) is 7.67. The zero-order chi connectivity index (χ0) is 19.2. The first kappa shape index (κ1) is 17.8. The Morgan fingerprint density at radius 2 is 1.88 bits per heavy atom. The zero-order valence-electron chi connectivity index (χ0n) is 14.2. The van der Waals surface area contributed by atoms with Crippen LogP contribution in [0.3, 0.4) is 0 Å². The van der Waals surface area contributed by atoms with Gasteiger partial charge in [0, 0.05) is 13.1 Å². The number of aromatic nitrogens is 6. The Bertz CT molecular complexity index is 1090. The number of aryl methyl sites for hydroxylation is 1. The Morgan fingerprint density at radius 1 is 1.19 bits per heavy atom. The highest BCUT2D eigenvalue weighted by molar-refractivity contribution is 5.74. The molecule has 0 aromatic carbocycles. The number of nitrogens with zero attached hydrogens (tertiary/aromatic N) is 6. The molecule has 138 valence electrons. The number of hydrogen-bond donors (Lipinski definition) is 0. The average molecular weight is 368 g/mol. The van der Waals surface area contributed by atoms with Crippen molar-refractivity contribution in [1.82, 2.24) is 28.9 Å². The summed E-state index contributed by atoms with van der Waals surface area (Å²) in [5.41, 5.74) is -3.01. The number of alkyl halides is 3. The van der Waals surface area contributed by atoms with Crippen molar-refractivity contribution in [1.29, 1.82) is 0 Å². The van der Waals surface area contributed by atoms with Crippen LogP contribution in [0.2, 0.25) is 0 Å². The van der Waals surface area contributed by atoms with Crippen molar-refractivity contribution in [2.75, 3.05) is 0 Å². The molecule has 3 aromatic rings. The summed E-state index contributed by atoms with van der Waals surface area (Å²) in [4.78, 5) is 32.7. The summed E-state index contributed by atoms with van der Waals surface area (Å²) in [5.74, 6) is 0.387. The lowest BCUT2D eigenvalue weighted by molar-refractivity contribution is -0.141. The number of hydrogen-bond acceptors (Lipinski definition) is 5. The molecule has 0 fully saturated rings. The third-order valence-electron chi connectivity index (χ3n) is 3.91. The van der Waals surface area contributed by atoms with Gasteiger partial charge >= 0.3 is 11.9 Å². The molecule has 0 bridgehead atoms. The van der Waals surface area contributed by atoms with E-state index in [9.17, 15) is 22.8 Å². The van der Waals surface area contributed by atoms with Gasteiger partial charge in [0.15, 0.2) is 0 Å². The second-order valence-corrected chi connectivity index (χ2v) is 6.01. The van der Waals surface area contributed by atoms with Gasteiger partial charge in [-0.15, -0.1) is 0 Å². The molecule has 3 aromatic heterocycles. The minimum atomic E-state index is -4.67. The quantitative estimate of drug-likeness (QED) is 0.696. The Morgan fingerprint density at radius 3 is 2.50 bits per heavy atom. The summed E-state index contributed by atoms with van der Waals surface area (Å²) in [7, 11) is 1.26. The number of pyridine rings is 1. The summed E-state index contributed by atoms with van der Waals surface area (Å²) in [6.45, 7) is 3.57. The van der Waals surface area contributed by atoms with Crippen molar-refractivity contribution < 1.29 is 13.2 Å². The van der Waals surface area contributed by atoms with Crippen LogP contribution in [0, 0.1) is 0 Å². The van der Waals surface area contributed by atoms with Gasteiger partial charge in [0.2, 0.25) is 0 Å². The maximum absolute atomic E-state index is 12.8. The van der Waals surface area contributed by atoms with Crippen LogP contribution in [0.1, 0.15) is 31.4 Å². The first-order valence-electron chi connectivity index (χ1n) is 7.67. The van der Waals surface area contributed by atoms with Crippen molar-refractivity contribution in [3.8, 4) is 0 Å². The molecule has 0 aliphatic carbocycles. The van der Waals surface area contributed by atoms with Crippen molar-refractivity contribution >= 4 is 11.0 Å². The van der Waals surface area contributed by atoms with Crippen LogP contribution >= 0.6 is 0 Å². The largest absolute Gasteiger partial charge is 0.433 e. The molecule has 0 saturated heterocycles. The fourth-order valence-corrected chi connectivity index (χ4v) is 2.63. The van der Waals surface area contributed by atoms with Crippen LogP contribution in [0.4, 0.5) is 13.2 Å². The fraction of sp³-hybridized carbons (Fsp3) is 0.400. The summed E-state index contributed by atoms with van der Waals surface area (Å²) in [6.07, 6.45) is -3.37. The molecule has 0 saturated carbocycles. The Balaban J connectivity index is 2.21. The average Bonchev–Trinajstić information content (AvgIpc) is 3.04. The number of rotatable bonds is 3. The highest BCUT2D eigenvalue weighted by atomic mass is 19.4. The normalized spacial score (nSPS) is 12.3. The summed E-state index contributed by atoms with van der Waals surface area (Å²) in [5, 5.41) is 3.95. The molecule has 3 heterocycles. The molecule has 3 rings (SSSR count). The minimum Gasteiger partial charge on any atom is -0.280 e. The lowest BCUT2D eigenvalue weighted by Gasteiger charge is -2.13. The molecule has 8 nitrogen and oxygen atoms in total. The van der Waals surface area contributed by atoms with E-state index in [-0.39, 0.29) is 23.6 Å². The predicted molar refractivity (Wildman–Crippen MR) is 85.8 cm³/mol. The first-order chi connectivity index (χ1) is 12.1. The van der Waals surface area contributed by atoms with Gasteiger partial charge in [0.05, 0.1) is 11.9 Å². The second-order valence-electron chi connectivity index (χ2n) is 6.01. The molecule has 26 heavy (non-hydrogen) atoms. The highest BCUT2D eigenvalue weighted by Crippen LogP contribution is 2.28. The van der Waals surface area contributed by atoms with E-state index in [0.717, 1.165) is 21.3 Å². The van der Waals surface area contributed by atoms with E-state index in [0.29, 0.717) is 5.82 Å². The van der Waals surface area contributed by atoms with Gasteiger partial charge in [0.25, 0.3) is 5.56 Å². The molecule has 0 N–H and O–H groups in total. The predicted octanol–water partition coefficient (Wildman–Crippen LogP) is 1.33. The second kappa shape index (κ2) is 6.07. The summed E-state index contributed by atoms with van der Waals surface area (Å²) >= 11 is 0. The topological polar surface area (TPSA) is 87.6 Å². The molecule has 0 spiro atoms. The van der Waals surface area contributed by atoms with E-state index in [1.165, 1.54) is 13.4 Å². The van der Waals surface area contributed by atoms with Crippen LogP contribution in [0.5, 0.6) is 0 Å². The molecule has 0 aliphatic rings. The van der Waals surface area contributed by atoms with Crippen LogP contribution in [-0.4, -0.2) is 28.9 Å². The van der Waals surface area contributed by atoms with Crippen LogP contribution in [0.15, 0.2) is 28.0 Å². The lowest BCUT2D eigenvalue weighted by atomic mass is 10.2. The maximum atomic E-state index is 12.8. The third kappa shape index (κ3) is 2.89. The Kier molecular flexibility index (Phi) is 4.17. The van der Waals surface area contributed by atoms with Gasteiger partial charge in [-0.25, -0.2) is 19.4 Å². The van der Waals surface area contributed by atoms with Crippen molar-refractivity contribution in [2.24, 2.45) is 7.05 Å². The molecule has 0 atom stereocenters. The molecule has 0 aliphatic heterocycles. The molecule has 0 radical (unpaired) electrons. The van der Waals surface area contributed by atoms with E-state index in [4.69, 9.17) is 0 Å². The van der Waals surface area contributed by atoms with Gasteiger partial charge in [-0.05, 0) is 26.0 Å². The van der Waals surface area contributed by atoms with E-state index in [2.05, 4.69) is 15.1 Å². The smallest absolute Gasteiger partial charge is 0.280 e. The fourth-order valence-electron chi connectivity index (χ4n) is 2.63. The minimum absolute atomic E-state index is 0.0384. The maximum Gasteiger partial charge on any atom is 0.433 e. The monoisotopic (exact) mass is 368 g/mol. The molecule has 0 amide bonds. The highest BCUT2D eigenvalue weighted by Gasteiger charge is 2.33. The van der Waals surface area contributed by atoms with Crippen LogP contribution in [0.25, 0.3) is 11.0 Å². The summed E-state index contributed by atoms with van der Waals surface area (Å²) < 4.78 is 41.9. The van der Waals surface area contributed by atoms with E-state index >= 15 is 0 Å². The van der Waals surface area contributed by atoms with Gasteiger partial charge in [-0.1, -0.05) is 0 Å². The Labute approximate surface area is 144 Å².